The summed E-state index contributed by atoms with van der Waals surface area (Å²) in [6, 6.07) is 8.99. The maximum atomic E-state index is 13.3. The third-order valence-corrected chi connectivity index (χ3v) is 7.82. The molecule has 4 rings (SSSR count). The summed E-state index contributed by atoms with van der Waals surface area (Å²) in [5.41, 5.74) is 1.12. The summed E-state index contributed by atoms with van der Waals surface area (Å²) >= 11 is 3.95. The second-order valence-corrected chi connectivity index (χ2v) is 9.97. The molecule has 0 aromatic heterocycles. The van der Waals surface area contributed by atoms with E-state index in [1.807, 2.05) is 12.1 Å². The molecule has 2 saturated carbocycles. The standard InChI is InChI=1S/C22H27IN2OS/c23-19-14-8-7-9-16(19)15-20-21(26)25(18-12-5-2-6-13-18)22(27-20)24-17-10-3-1-4-11-17/h7-9,14-15,17-18H,1-6,10-13H2/b20-15-,24-22?. The summed E-state index contributed by atoms with van der Waals surface area (Å²) in [4.78, 5) is 21.3. The molecule has 0 atom stereocenters. The molecule has 3 fully saturated rings. The van der Waals surface area contributed by atoms with Crippen molar-refractivity contribution in [3.63, 3.8) is 0 Å². The molecular formula is C22H27IN2OS. The highest BCUT2D eigenvalue weighted by Gasteiger charge is 2.39. The summed E-state index contributed by atoms with van der Waals surface area (Å²) in [5.74, 6) is 0.168. The smallest absolute Gasteiger partial charge is 0.267 e. The molecule has 3 aliphatic rings. The first-order valence-electron chi connectivity index (χ1n) is 10.3. The number of hydrogen-bond donors (Lipinski definition) is 0. The molecule has 27 heavy (non-hydrogen) atoms. The SMILES string of the molecule is O=C1/C(=C/c2ccccc2I)SC(=NC2CCCCC2)N1C1CCCCC1. The van der Waals surface area contributed by atoms with Crippen LogP contribution in [-0.2, 0) is 4.79 Å². The van der Waals surface area contributed by atoms with E-state index in [9.17, 15) is 4.79 Å². The number of nitrogens with zero attached hydrogens (tertiary/aromatic N) is 2. The minimum atomic E-state index is 0.168. The van der Waals surface area contributed by atoms with E-state index in [0.29, 0.717) is 12.1 Å². The van der Waals surface area contributed by atoms with E-state index in [0.717, 1.165) is 28.5 Å². The summed E-state index contributed by atoms with van der Waals surface area (Å²) in [6.45, 7) is 0. The minimum Gasteiger partial charge on any atom is -0.284 e. The Morgan fingerprint density at radius 2 is 1.67 bits per heavy atom. The van der Waals surface area contributed by atoms with Crippen LogP contribution in [0, 0.1) is 3.57 Å². The van der Waals surface area contributed by atoms with Crippen molar-refractivity contribution in [1.29, 1.82) is 0 Å². The zero-order valence-corrected chi connectivity index (χ0v) is 18.7. The van der Waals surface area contributed by atoms with Gasteiger partial charge in [0.1, 0.15) is 0 Å². The van der Waals surface area contributed by atoms with Crippen LogP contribution < -0.4 is 0 Å². The van der Waals surface area contributed by atoms with Gasteiger partial charge >= 0.3 is 0 Å². The van der Waals surface area contributed by atoms with Crippen LogP contribution in [0.3, 0.4) is 0 Å². The highest BCUT2D eigenvalue weighted by molar-refractivity contribution is 14.1. The van der Waals surface area contributed by atoms with Crippen molar-refractivity contribution in [3.05, 3.63) is 38.3 Å². The number of aliphatic imine (C=N–C) groups is 1. The lowest BCUT2D eigenvalue weighted by molar-refractivity contribution is -0.124. The lowest BCUT2D eigenvalue weighted by Gasteiger charge is -2.31. The summed E-state index contributed by atoms with van der Waals surface area (Å²) in [7, 11) is 0. The van der Waals surface area contributed by atoms with Crippen molar-refractivity contribution in [2.24, 2.45) is 4.99 Å². The Kier molecular flexibility index (Phi) is 6.58. The number of thioether (sulfide) groups is 1. The third kappa shape index (κ3) is 4.61. The van der Waals surface area contributed by atoms with Gasteiger partial charge in [0.2, 0.25) is 0 Å². The van der Waals surface area contributed by atoms with Crippen LogP contribution in [-0.4, -0.2) is 28.1 Å². The average Bonchev–Trinajstić information content (AvgIpc) is 3.00. The normalized spacial score (nSPS) is 25.7. The predicted molar refractivity (Wildman–Crippen MR) is 123 cm³/mol. The molecular weight excluding hydrogens is 467 g/mol. The summed E-state index contributed by atoms with van der Waals surface area (Å²) in [5, 5.41) is 0.969. The Hall–Kier alpha value is -0.820. The Morgan fingerprint density at radius 3 is 2.37 bits per heavy atom. The zero-order valence-electron chi connectivity index (χ0n) is 15.7. The fraction of sp³-hybridized carbons (Fsp3) is 0.545. The quantitative estimate of drug-likeness (QED) is 0.369. The number of halogens is 1. The molecule has 2 aliphatic carbocycles. The molecule has 1 amide bonds. The van der Waals surface area contributed by atoms with E-state index in [-0.39, 0.29) is 5.91 Å². The van der Waals surface area contributed by atoms with Crippen LogP contribution in [0.1, 0.15) is 69.8 Å². The molecule has 0 spiro atoms. The monoisotopic (exact) mass is 494 g/mol. The molecule has 144 valence electrons. The van der Waals surface area contributed by atoms with Gasteiger partial charge in [-0.15, -0.1) is 0 Å². The Balaban J connectivity index is 1.64. The molecule has 1 aromatic carbocycles. The predicted octanol–water partition coefficient (Wildman–Crippen LogP) is 6.23. The zero-order chi connectivity index (χ0) is 18.6. The van der Waals surface area contributed by atoms with Crippen molar-refractivity contribution in [2.75, 3.05) is 0 Å². The van der Waals surface area contributed by atoms with Gasteiger partial charge in [-0.2, -0.15) is 0 Å². The van der Waals surface area contributed by atoms with E-state index in [1.54, 1.807) is 11.8 Å². The maximum absolute atomic E-state index is 13.3. The van der Waals surface area contributed by atoms with Gasteiger partial charge in [-0.25, -0.2) is 0 Å². The van der Waals surface area contributed by atoms with Crippen molar-refractivity contribution in [2.45, 2.75) is 76.3 Å². The van der Waals surface area contributed by atoms with Gasteiger partial charge in [0.25, 0.3) is 5.91 Å². The Labute approximate surface area is 180 Å². The summed E-state index contributed by atoms with van der Waals surface area (Å²) in [6.07, 6.45) is 14.3. The molecule has 0 N–H and O–H groups in total. The van der Waals surface area contributed by atoms with E-state index in [4.69, 9.17) is 4.99 Å². The van der Waals surface area contributed by atoms with Gasteiger partial charge in [0.05, 0.1) is 10.9 Å². The largest absolute Gasteiger partial charge is 0.284 e. The van der Waals surface area contributed by atoms with Gasteiger partial charge in [0.15, 0.2) is 5.17 Å². The van der Waals surface area contributed by atoms with Crippen molar-refractivity contribution in [3.8, 4) is 0 Å². The van der Waals surface area contributed by atoms with Crippen LogP contribution >= 0.6 is 34.4 Å². The van der Waals surface area contributed by atoms with Gasteiger partial charge in [-0.05, 0) is 77.7 Å². The number of hydrogen-bond acceptors (Lipinski definition) is 3. The van der Waals surface area contributed by atoms with Crippen molar-refractivity contribution in [1.82, 2.24) is 4.90 Å². The van der Waals surface area contributed by atoms with Crippen LogP contribution in [0.4, 0.5) is 0 Å². The van der Waals surface area contributed by atoms with Gasteiger partial charge in [-0.3, -0.25) is 14.7 Å². The molecule has 0 radical (unpaired) electrons. The minimum absolute atomic E-state index is 0.168. The van der Waals surface area contributed by atoms with Crippen molar-refractivity contribution >= 4 is 51.5 Å². The average molecular weight is 494 g/mol. The first-order valence-corrected chi connectivity index (χ1v) is 12.2. The highest BCUT2D eigenvalue weighted by atomic mass is 127. The fourth-order valence-electron chi connectivity index (χ4n) is 4.34. The molecule has 1 saturated heterocycles. The molecule has 5 heteroatoms. The van der Waals surface area contributed by atoms with E-state index in [1.165, 1.54) is 54.9 Å². The molecule has 0 unspecified atom stereocenters. The van der Waals surface area contributed by atoms with Gasteiger partial charge < -0.3 is 0 Å². The van der Waals surface area contributed by atoms with Gasteiger partial charge in [-0.1, -0.05) is 56.7 Å². The van der Waals surface area contributed by atoms with Crippen LogP contribution in [0.2, 0.25) is 0 Å². The maximum Gasteiger partial charge on any atom is 0.267 e. The molecule has 1 aromatic rings. The van der Waals surface area contributed by atoms with Crippen LogP contribution in [0.5, 0.6) is 0 Å². The first kappa shape index (κ1) is 19.5. The Bertz CT molecular complexity index is 748. The number of carbonyl (C=O) groups is 1. The number of amidine groups is 1. The molecule has 3 nitrogen and oxygen atoms in total. The fourth-order valence-corrected chi connectivity index (χ4v) is 5.98. The van der Waals surface area contributed by atoms with E-state index in [2.05, 4.69) is 45.7 Å². The third-order valence-electron chi connectivity index (χ3n) is 5.84. The lowest BCUT2D eigenvalue weighted by Crippen LogP contribution is -2.41. The van der Waals surface area contributed by atoms with Crippen molar-refractivity contribution < 1.29 is 4.79 Å². The number of benzene rings is 1. The lowest BCUT2D eigenvalue weighted by atomic mass is 9.94. The van der Waals surface area contributed by atoms with Crippen LogP contribution in [0.25, 0.3) is 6.08 Å². The summed E-state index contributed by atoms with van der Waals surface area (Å²) < 4.78 is 1.18. The number of carbonyl (C=O) groups excluding carboxylic acids is 1. The second kappa shape index (κ2) is 9.12. The van der Waals surface area contributed by atoms with Gasteiger partial charge in [0, 0.05) is 9.61 Å². The topological polar surface area (TPSA) is 32.7 Å². The van der Waals surface area contributed by atoms with E-state index < -0.39 is 0 Å². The second-order valence-electron chi connectivity index (χ2n) is 7.80. The molecule has 0 bridgehead atoms. The van der Waals surface area contributed by atoms with Crippen LogP contribution in [0.15, 0.2) is 34.2 Å². The Morgan fingerprint density at radius 1 is 1.00 bits per heavy atom. The van der Waals surface area contributed by atoms with E-state index >= 15 is 0 Å². The highest BCUT2D eigenvalue weighted by Crippen LogP contribution is 2.38. The first-order chi connectivity index (χ1) is 13.2. The molecule has 1 aliphatic heterocycles. The number of rotatable bonds is 3. The molecule has 1 heterocycles. The number of amides is 1.